The highest BCUT2D eigenvalue weighted by molar-refractivity contribution is 9.10. The molecule has 0 unspecified atom stereocenters. The number of oxazole rings is 1. The van der Waals surface area contributed by atoms with E-state index >= 15 is 0 Å². The zero-order chi connectivity index (χ0) is 13.6. The zero-order valence-corrected chi connectivity index (χ0v) is 12.5. The van der Waals surface area contributed by atoms with Crippen molar-refractivity contribution < 1.29 is 4.42 Å². The third-order valence-corrected chi connectivity index (χ3v) is 3.20. The first kappa shape index (κ1) is 12.3. The van der Waals surface area contributed by atoms with Crippen LogP contribution in [-0.2, 0) is 5.41 Å². The molecule has 0 radical (unpaired) electrons. The maximum Gasteiger partial charge on any atom is 0.264 e. The van der Waals surface area contributed by atoms with E-state index in [1.54, 1.807) is 6.20 Å². The molecule has 3 aromatic rings. The van der Waals surface area contributed by atoms with Crippen LogP contribution in [0.1, 0.15) is 26.6 Å². The summed E-state index contributed by atoms with van der Waals surface area (Å²) in [5.74, 6) is 1.63. The molecule has 0 aliphatic heterocycles. The number of halogens is 1. The maximum absolute atomic E-state index is 5.47. The number of fused-ring (bicyclic) bond motifs is 1. The summed E-state index contributed by atoms with van der Waals surface area (Å²) in [5.41, 5.74) is 1.70. The van der Waals surface area contributed by atoms with Crippen LogP contribution in [-0.4, -0.2) is 19.6 Å². The number of pyridine rings is 1. The van der Waals surface area contributed by atoms with Gasteiger partial charge in [0.15, 0.2) is 11.4 Å². The number of rotatable bonds is 1. The molecule has 0 fully saturated rings. The molecule has 98 valence electrons. The summed E-state index contributed by atoms with van der Waals surface area (Å²) in [4.78, 5) is 4.52. The van der Waals surface area contributed by atoms with E-state index in [9.17, 15) is 0 Å². The molecule has 0 aliphatic rings. The number of aromatic nitrogens is 4. The van der Waals surface area contributed by atoms with E-state index in [-0.39, 0.29) is 5.41 Å². The predicted octanol–water partition coefficient (Wildman–Crippen LogP) is 3.44. The highest BCUT2D eigenvalue weighted by Crippen LogP contribution is 2.26. The van der Waals surface area contributed by atoms with Gasteiger partial charge < -0.3 is 4.42 Å². The molecule has 19 heavy (non-hydrogen) atoms. The third-order valence-electron chi connectivity index (χ3n) is 2.84. The lowest BCUT2D eigenvalue weighted by Gasteiger charge is -2.15. The van der Waals surface area contributed by atoms with Crippen molar-refractivity contribution in [3.63, 3.8) is 0 Å². The quantitative estimate of drug-likeness (QED) is 0.689. The van der Waals surface area contributed by atoms with E-state index in [1.165, 1.54) is 0 Å². The first-order valence-corrected chi connectivity index (χ1v) is 6.71. The number of hydrogen-bond donors (Lipinski definition) is 0. The van der Waals surface area contributed by atoms with Crippen LogP contribution in [0.2, 0.25) is 0 Å². The van der Waals surface area contributed by atoms with E-state index < -0.39 is 0 Å². The van der Waals surface area contributed by atoms with E-state index in [0.29, 0.717) is 10.6 Å². The van der Waals surface area contributed by atoms with Gasteiger partial charge in [0.1, 0.15) is 5.82 Å². The van der Waals surface area contributed by atoms with Crippen molar-refractivity contribution in [2.24, 2.45) is 0 Å². The van der Waals surface area contributed by atoms with Crippen molar-refractivity contribution >= 4 is 21.6 Å². The second-order valence-electron chi connectivity index (χ2n) is 5.40. The summed E-state index contributed by atoms with van der Waals surface area (Å²) in [6, 6.07) is 3.87. The molecule has 0 aliphatic carbocycles. The van der Waals surface area contributed by atoms with Crippen molar-refractivity contribution in [2.75, 3.05) is 0 Å². The van der Waals surface area contributed by atoms with Gasteiger partial charge in [-0.1, -0.05) is 20.8 Å². The Labute approximate surface area is 118 Å². The molecule has 5 nitrogen and oxygen atoms in total. The van der Waals surface area contributed by atoms with Gasteiger partial charge in [-0.2, -0.15) is 0 Å². The van der Waals surface area contributed by atoms with E-state index in [0.717, 1.165) is 17.0 Å². The molecule has 0 atom stereocenters. The SMILES string of the molecule is CC(C)(C)c1nnc2ccc(-c3cnc(Br)o3)cn12. The Morgan fingerprint density at radius 1 is 1.21 bits per heavy atom. The standard InChI is InChI=1S/C13H13BrN4O/c1-13(2,3)11-17-16-10-5-4-8(7-18(10)11)9-6-15-12(14)19-9/h4-7H,1-3H3. The molecule has 0 amide bonds. The van der Waals surface area contributed by atoms with Gasteiger partial charge in [-0.15, -0.1) is 10.2 Å². The van der Waals surface area contributed by atoms with Crippen LogP contribution in [0.3, 0.4) is 0 Å². The molecule has 0 bridgehead atoms. The van der Waals surface area contributed by atoms with E-state index in [1.807, 2.05) is 22.7 Å². The van der Waals surface area contributed by atoms with Crippen LogP contribution in [0.4, 0.5) is 0 Å². The van der Waals surface area contributed by atoms with Crippen LogP contribution in [0, 0.1) is 0 Å². The lowest BCUT2D eigenvalue weighted by atomic mass is 9.96. The highest BCUT2D eigenvalue weighted by Gasteiger charge is 2.21. The molecule has 6 heteroatoms. The first-order chi connectivity index (χ1) is 8.95. The van der Waals surface area contributed by atoms with Crippen molar-refractivity contribution in [3.8, 4) is 11.3 Å². The normalized spacial score (nSPS) is 12.2. The van der Waals surface area contributed by atoms with Crippen molar-refractivity contribution in [1.29, 1.82) is 0 Å². The number of hydrogen-bond acceptors (Lipinski definition) is 4. The van der Waals surface area contributed by atoms with Crippen LogP contribution < -0.4 is 0 Å². The molecule has 0 N–H and O–H groups in total. The van der Waals surface area contributed by atoms with Gasteiger partial charge in [-0.05, 0) is 12.1 Å². The first-order valence-electron chi connectivity index (χ1n) is 5.92. The van der Waals surface area contributed by atoms with Crippen molar-refractivity contribution in [1.82, 2.24) is 19.6 Å². The average molecular weight is 321 g/mol. The van der Waals surface area contributed by atoms with E-state index in [4.69, 9.17) is 4.42 Å². The summed E-state index contributed by atoms with van der Waals surface area (Å²) >= 11 is 3.21. The summed E-state index contributed by atoms with van der Waals surface area (Å²) in [7, 11) is 0. The van der Waals surface area contributed by atoms with Crippen LogP contribution >= 0.6 is 15.9 Å². The third kappa shape index (κ3) is 2.16. The Kier molecular flexibility index (Phi) is 2.70. The molecular formula is C13H13BrN4O. The Bertz CT molecular complexity index is 739. The summed E-state index contributed by atoms with van der Waals surface area (Å²) < 4.78 is 7.46. The van der Waals surface area contributed by atoms with Gasteiger partial charge in [0.05, 0.1) is 6.20 Å². The monoisotopic (exact) mass is 320 g/mol. The second kappa shape index (κ2) is 4.16. The summed E-state index contributed by atoms with van der Waals surface area (Å²) in [6.45, 7) is 6.34. The van der Waals surface area contributed by atoms with Crippen molar-refractivity contribution in [2.45, 2.75) is 26.2 Å². The fourth-order valence-corrected chi connectivity index (χ4v) is 2.21. The van der Waals surface area contributed by atoms with Crippen molar-refractivity contribution in [3.05, 3.63) is 35.2 Å². The number of nitrogens with zero attached hydrogens (tertiary/aromatic N) is 4. The Morgan fingerprint density at radius 3 is 2.63 bits per heavy atom. The zero-order valence-electron chi connectivity index (χ0n) is 10.9. The molecular weight excluding hydrogens is 308 g/mol. The maximum atomic E-state index is 5.47. The Morgan fingerprint density at radius 2 is 2.00 bits per heavy atom. The van der Waals surface area contributed by atoms with E-state index in [2.05, 4.69) is 51.9 Å². The van der Waals surface area contributed by atoms with Crippen LogP contribution in [0.15, 0.2) is 33.7 Å². The van der Waals surface area contributed by atoms with Gasteiger partial charge >= 0.3 is 0 Å². The van der Waals surface area contributed by atoms with Gasteiger partial charge in [-0.3, -0.25) is 4.40 Å². The van der Waals surface area contributed by atoms with Gasteiger partial charge in [0.2, 0.25) is 0 Å². The smallest absolute Gasteiger partial charge is 0.264 e. The lowest BCUT2D eigenvalue weighted by molar-refractivity contribution is 0.535. The fourth-order valence-electron chi connectivity index (χ4n) is 1.93. The lowest BCUT2D eigenvalue weighted by Crippen LogP contribution is -2.15. The molecule has 0 saturated carbocycles. The average Bonchev–Trinajstić information content (AvgIpc) is 2.92. The molecule has 0 saturated heterocycles. The molecule has 3 aromatic heterocycles. The minimum Gasteiger partial charge on any atom is -0.431 e. The van der Waals surface area contributed by atoms with Gasteiger partial charge in [-0.25, -0.2) is 4.98 Å². The molecule has 0 spiro atoms. The minimum atomic E-state index is -0.0694. The largest absolute Gasteiger partial charge is 0.431 e. The Balaban J connectivity index is 2.19. The van der Waals surface area contributed by atoms with Gasteiger partial charge in [0, 0.05) is 33.1 Å². The molecule has 0 aromatic carbocycles. The topological polar surface area (TPSA) is 56.2 Å². The molecule has 3 rings (SSSR count). The predicted molar refractivity (Wildman–Crippen MR) is 74.9 cm³/mol. The second-order valence-corrected chi connectivity index (χ2v) is 6.08. The fraction of sp³-hybridized carbons (Fsp3) is 0.308. The van der Waals surface area contributed by atoms with Gasteiger partial charge in [0.25, 0.3) is 4.80 Å². The Hall–Kier alpha value is -1.69. The molecule has 3 heterocycles. The minimum absolute atomic E-state index is 0.0694. The summed E-state index contributed by atoms with van der Waals surface area (Å²) in [5, 5.41) is 8.45. The van der Waals surface area contributed by atoms with Crippen LogP contribution in [0.25, 0.3) is 17.0 Å². The van der Waals surface area contributed by atoms with Crippen LogP contribution in [0.5, 0.6) is 0 Å². The highest BCUT2D eigenvalue weighted by atomic mass is 79.9. The summed E-state index contributed by atoms with van der Waals surface area (Å²) in [6.07, 6.45) is 3.66.